The van der Waals surface area contributed by atoms with Crippen molar-refractivity contribution in [1.29, 1.82) is 0 Å². The number of amides is 1. The van der Waals surface area contributed by atoms with Crippen LogP contribution >= 0.6 is 11.6 Å². The fraction of sp³-hybridized carbons (Fsp3) is 0.381. The molecule has 29 heavy (non-hydrogen) atoms. The third-order valence-electron chi connectivity index (χ3n) is 5.03. The summed E-state index contributed by atoms with van der Waals surface area (Å²) in [6.45, 7) is 5.23. The summed E-state index contributed by atoms with van der Waals surface area (Å²) in [5, 5.41) is 17.6. The van der Waals surface area contributed by atoms with Gasteiger partial charge in [0.2, 0.25) is 0 Å². The molecule has 0 unspecified atom stereocenters. The summed E-state index contributed by atoms with van der Waals surface area (Å²) >= 11 is 6.23. The zero-order valence-corrected chi connectivity index (χ0v) is 17.3. The van der Waals surface area contributed by atoms with Crippen LogP contribution in [0.25, 0.3) is 16.8 Å². The maximum absolute atomic E-state index is 12.9. The Morgan fingerprint density at radius 3 is 2.76 bits per heavy atom. The Morgan fingerprint density at radius 1 is 1.41 bits per heavy atom. The lowest BCUT2D eigenvalue weighted by Crippen LogP contribution is -2.38. The Morgan fingerprint density at radius 2 is 2.14 bits per heavy atom. The molecule has 3 N–H and O–H groups in total. The number of fused-ring (bicyclic) bond motifs is 1. The van der Waals surface area contributed by atoms with Crippen LogP contribution in [0.4, 0.5) is 0 Å². The molecule has 0 saturated heterocycles. The number of aromatic amines is 1. The lowest BCUT2D eigenvalue weighted by molar-refractivity contribution is 0.0691. The number of hydrogen-bond donors (Lipinski definition) is 3. The molecule has 7 nitrogen and oxygen atoms in total. The molecule has 0 aliphatic heterocycles. The molecule has 1 saturated carbocycles. The quantitative estimate of drug-likeness (QED) is 0.597. The molecule has 1 aromatic carbocycles. The normalized spacial score (nSPS) is 14.4. The standard InChI is InChI=1S/C21H23ClN4O3/c1-11-4-5-13(8-14(11)22)15-9-26-18(20(28)24-15)16(12-6-7-12)17(25-26)19(27)23-10-21(2,3)29/h4-5,8-9,12,29H,6-7,10H2,1-3H3,(H,23,27)(H,24,28). The van der Waals surface area contributed by atoms with Gasteiger partial charge in [-0.05, 0) is 51.2 Å². The largest absolute Gasteiger partial charge is 0.389 e. The lowest BCUT2D eigenvalue weighted by atomic mass is 10.1. The van der Waals surface area contributed by atoms with Crippen molar-refractivity contribution in [3.05, 3.63) is 56.6 Å². The van der Waals surface area contributed by atoms with Crippen molar-refractivity contribution in [2.45, 2.75) is 45.1 Å². The first-order valence-corrected chi connectivity index (χ1v) is 9.94. The van der Waals surface area contributed by atoms with E-state index in [0.717, 1.165) is 24.0 Å². The molecule has 2 heterocycles. The van der Waals surface area contributed by atoms with E-state index in [4.69, 9.17) is 11.6 Å². The van der Waals surface area contributed by atoms with Gasteiger partial charge in [-0.3, -0.25) is 9.59 Å². The van der Waals surface area contributed by atoms with Crippen molar-refractivity contribution in [2.24, 2.45) is 0 Å². The number of H-pyrrole nitrogens is 1. The van der Waals surface area contributed by atoms with Gasteiger partial charge in [0.1, 0.15) is 5.52 Å². The van der Waals surface area contributed by atoms with E-state index in [-0.39, 0.29) is 23.7 Å². The SMILES string of the molecule is Cc1ccc(-c2cn3nc(C(=O)NCC(C)(C)O)c(C4CC4)c3c(=O)[nH]2)cc1Cl. The van der Waals surface area contributed by atoms with Gasteiger partial charge < -0.3 is 15.4 Å². The van der Waals surface area contributed by atoms with E-state index in [9.17, 15) is 14.7 Å². The monoisotopic (exact) mass is 414 g/mol. The molecule has 8 heteroatoms. The first-order chi connectivity index (χ1) is 13.6. The zero-order chi connectivity index (χ0) is 20.9. The molecule has 0 radical (unpaired) electrons. The van der Waals surface area contributed by atoms with Crippen LogP contribution in [0.1, 0.15) is 54.2 Å². The van der Waals surface area contributed by atoms with E-state index in [2.05, 4.69) is 15.4 Å². The van der Waals surface area contributed by atoms with Crippen molar-refractivity contribution in [3.8, 4) is 11.3 Å². The second kappa shape index (κ2) is 7.00. The number of rotatable bonds is 5. The number of carbonyl (C=O) groups excluding carboxylic acids is 1. The van der Waals surface area contributed by atoms with Gasteiger partial charge >= 0.3 is 0 Å². The third-order valence-corrected chi connectivity index (χ3v) is 5.43. The molecule has 1 fully saturated rings. The molecule has 1 amide bonds. The van der Waals surface area contributed by atoms with Crippen molar-refractivity contribution < 1.29 is 9.90 Å². The number of benzene rings is 1. The molecule has 0 atom stereocenters. The summed E-state index contributed by atoms with van der Waals surface area (Å²) in [6.07, 6.45) is 3.54. The number of carbonyl (C=O) groups is 1. The summed E-state index contributed by atoms with van der Waals surface area (Å²) in [7, 11) is 0. The van der Waals surface area contributed by atoms with E-state index in [1.807, 2.05) is 19.1 Å². The number of aryl methyl sites for hydroxylation is 1. The summed E-state index contributed by atoms with van der Waals surface area (Å²) in [4.78, 5) is 28.5. The molecule has 0 bridgehead atoms. The highest BCUT2D eigenvalue weighted by Gasteiger charge is 2.34. The number of nitrogens with zero attached hydrogens (tertiary/aromatic N) is 2. The van der Waals surface area contributed by atoms with Gasteiger partial charge in [0, 0.05) is 22.7 Å². The number of aliphatic hydroxyl groups is 1. The minimum absolute atomic E-state index is 0.0906. The van der Waals surface area contributed by atoms with Crippen molar-refractivity contribution in [1.82, 2.24) is 19.9 Å². The molecule has 0 spiro atoms. The maximum Gasteiger partial charge on any atom is 0.274 e. The molecule has 1 aliphatic rings. The minimum Gasteiger partial charge on any atom is -0.389 e. The lowest BCUT2D eigenvalue weighted by Gasteiger charge is -2.17. The van der Waals surface area contributed by atoms with Crippen LogP contribution in [0.5, 0.6) is 0 Å². The first kappa shape index (κ1) is 19.7. The fourth-order valence-corrected chi connectivity index (χ4v) is 3.50. The number of aromatic nitrogens is 3. The number of nitrogens with one attached hydrogen (secondary N) is 2. The highest BCUT2D eigenvalue weighted by atomic mass is 35.5. The number of halogens is 1. The molecular weight excluding hydrogens is 392 g/mol. The van der Waals surface area contributed by atoms with Gasteiger partial charge in [-0.2, -0.15) is 5.10 Å². The summed E-state index contributed by atoms with van der Waals surface area (Å²) in [5.74, 6) is -0.242. The predicted octanol–water partition coefficient (Wildman–Crippen LogP) is 3.03. The Hall–Kier alpha value is -2.64. The zero-order valence-electron chi connectivity index (χ0n) is 16.5. The predicted molar refractivity (Wildman–Crippen MR) is 112 cm³/mol. The second-order valence-electron chi connectivity index (χ2n) is 8.29. The molecule has 2 aromatic heterocycles. The van der Waals surface area contributed by atoms with Crippen LogP contribution < -0.4 is 10.9 Å². The Kier molecular flexibility index (Phi) is 4.75. The maximum atomic E-state index is 12.9. The average molecular weight is 415 g/mol. The van der Waals surface area contributed by atoms with Crippen molar-refractivity contribution in [3.63, 3.8) is 0 Å². The van der Waals surface area contributed by atoms with Gasteiger partial charge in [0.25, 0.3) is 11.5 Å². The highest BCUT2D eigenvalue weighted by Crippen LogP contribution is 2.43. The Bertz CT molecular complexity index is 1170. The van der Waals surface area contributed by atoms with Crippen LogP contribution in [0, 0.1) is 6.92 Å². The summed E-state index contributed by atoms with van der Waals surface area (Å²) < 4.78 is 1.48. The molecular formula is C21H23ClN4O3. The summed E-state index contributed by atoms with van der Waals surface area (Å²) in [5.41, 5.74) is 2.24. The van der Waals surface area contributed by atoms with Gasteiger partial charge in [-0.25, -0.2) is 4.52 Å². The first-order valence-electron chi connectivity index (χ1n) is 9.57. The highest BCUT2D eigenvalue weighted by molar-refractivity contribution is 6.31. The van der Waals surface area contributed by atoms with Crippen LogP contribution in [0.15, 0.2) is 29.2 Å². The van der Waals surface area contributed by atoms with E-state index < -0.39 is 11.5 Å². The van der Waals surface area contributed by atoms with Crippen LogP contribution in [-0.2, 0) is 0 Å². The van der Waals surface area contributed by atoms with Gasteiger partial charge in [0.05, 0.1) is 17.5 Å². The van der Waals surface area contributed by atoms with Gasteiger partial charge in [-0.15, -0.1) is 0 Å². The smallest absolute Gasteiger partial charge is 0.274 e. The third kappa shape index (κ3) is 3.93. The van der Waals surface area contributed by atoms with Crippen LogP contribution in [-0.4, -0.2) is 37.8 Å². The van der Waals surface area contributed by atoms with E-state index in [1.54, 1.807) is 26.1 Å². The molecule has 3 aromatic rings. The van der Waals surface area contributed by atoms with Gasteiger partial charge in [0.15, 0.2) is 5.69 Å². The Balaban J connectivity index is 1.81. The fourth-order valence-electron chi connectivity index (χ4n) is 3.32. The topological polar surface area (TPSA) is 99.5 Å². The van der Waals surface area contributed by atoms with Crippen molar-refractivity contribution in [2.75, 3.05) is 6.54 Å². The van der Waals surface area contributed by atoms with E-state index >= 15 is 0 Å². The number of hydrogen-bond acceptors (Lipinski definition) is 4. The van der Waals surface area contributed by atoms with E-state index in [0.29, 0.717) is 21.8 Å². The summed E-state index contributed by atoms with van der Waals surface area (Å²) in [6, 6.07) is 5.55. The van der Waals surface area contributed by atoms with Gasteiger partial charge in [-0.1, -0.05) is 23.7 Å². The van der Waals surface area contributed by atoms with E-state index in [1.165, 1.54) is 4.52 Å². The Labute approximate surface area is 172 Å². The molecule has 1 aliphatic carbocycles. The van der Waals surface area contributed by atoms with Crippen molar-refractivity contribution >= 4 is 23.0 Å². The minimum atomic E-state index is -1.04. The van der Waals surface area contributed by atoms with Crippen LogP contribution in [0.2, 0.25) is 5.02 Å². The molecule has 4 rings (SSSR count). The second-order valence-corrected chi connectivity index (χ2v) is 8.69. The average Bonchev–Trinajstić information content (AvgIpc) is 3.41. The molecule has 152 valence electrons. The van der Waals surface area contributed by atoms with Crippen LogP contribution in [0.3, 0.4) is 0 Å².